The average Bonchev–Trinajstić information content (AvgIpc) is 2.64. The molecule has 2 amide bonds. The second kappa shape index (κ2) is 8.84. The van der Waals surface area contributed by atoms with Crippen molar-refractivity contribution in [2.24, 2.45) is 5.73 Å². The Morgan fingerprint density at radius 2 is 1.73 bits per heavy atom. The topological polar surface area (TPSA) is 125 Å². The maximum Gasteiger partial charge on any atom is 0.282 e. The smallest absolute Gasteiger partial charge is 0.282 e. The summed E-state index contributed by atoms with van der Waals surface area (Å²) in [5.41, 5.74) is 5.18. The predicted octanol–water partition coefficient (Wildman–Crippen LogP) is 1.51. The molecule has 3 N–H and O–H groups in total. The number of benzene rings is 2. The van der Waals surface area contributed by atoms with E-state index in [1.807, 2.05) is 0 Å². The van der Waals surface area contributed by atoms with Crippen LogP contribution in [0.3, 0.4) is 0 Å². The van der Waals surface area contributed by atoms with Crippen LogP contribution in [0.15, 0.2) is 48.5 Å². The van der Waals surface area contributed by atoms with Gasteiger partial charge in [0.2, 0.25) is 0 Å². The van der Waals surface area contributed by atoms with E-state index in [2.05, 4.69) is 17.2 Å². The monoisotopic (exact) mass is 353 g/mol. The first-order valence-corrected chi connectivity index (χ1v) is 7.49. The van der Waals surface area contributed by atoms with E-state index in [0.29, 0.717) is 5.75 Å². The number of carbonyl (C=O) groups is 2. The Morgan fingerprint density at radius 3 is 2.42 bits per heavy atom. The average molecular weight is 353 g/mol. The zero-order valence-electron chi connectivity index (χ0n) is 13.6. The summed E-state index contributed by atoms with van der Waals surface area (Å²) < 4.78 is 5.36. The zero-order chi connectivity index (χ0) is 18.9. The number of amides is 2. The van der Waals surface area contributed by atoms with Gasteiger partial charge in [0.05, 0.1) is 17.0 Å². The van der Waals surface area contributed by atoms with Gasteiger partial charge in [0, 0.05) is 6.07 Å². The van der Waals surface area contributed by atoms with Crippen LogP contribution in [0.5, 0.6) is 5.75 Å². The molecule has 0 fully saturated rings. The lowest BCUT2D eigenvalue weighted by Gasteiger charge is -2.05. The van der Waals surface area contributed by atoms with Gasteiger partial charge in [0.1, 0.15) is 17.9 Å². The number of hydrogen-bond donors (Lipinski definition) is 2. The minimum absolute atomic E-state index is 0.00823. The summed E-state index contributed by atoms with van der Waals surface area (Å²) in [7, 11) is 0. The van der Waals surface area contributed by atoms with Gasteiger partial charge in [-0.1, -0.05) is 36.1 Å². The van der Waals surface area contributed by atoms with Gasteiger partial charge < -0.3 is 15.8 Å². The maximum absolute atomic E-state index is 12.0. The highest BCUT2D eigenvalue weighted by molar-refractivity contribution is 5.98. The van der Waals surface area contributed by atoms with Crippen molar-refractivity contribution in [3.05, 3.63) is 69.8 Å². The highest BCUT2D eigenvalue weighted by Gasteiger charge is 2.18. The van der Waals surface area contributed by atoms with Gasteiger partial charge >= 0.3 is 0 Å². The SMILES string of the molecule is NC(=O)c1ccccc1OCC#CCNC(=O)c1ccccc1[N+](=O)[O-]. The van der Waals surface area contributed by atoms with E-state index in [9.17, 15) is 19.7 Å². The molecule has 0 aromatic heterocycles. The fraction of sp³-hybridized carbons (Fsp3) is 0.111. The van der Waals surface area contributed by atoms with Crippen molar-refractivity contribution < 1.29 is 19.2 Å². The van der Waals surface area contributed by atoms with E-state index in [-0.39, 0.29) is 30.0 Å². The third-order valence-electron chi connectivity index (χ3n) is 3.26. The number of para-hydroxylation sites is 2. The Kier molecular flexibility index (Phi) is 6.28. The van der Waals surface area contributed by atoms with E-state index in [1.54, 1.807) is 18.2 Å². The van der Waals surface area contributed by atoms with Crippen LogP contribution in [0.25, 0.3) is 0 Å². The second-order valence-corrected chi connectivity index (χ2v) is 4.96. The third-order valence-corrected chi connectivity index (χ3v) is 3.26. The van der Waals surface area contributed by atoms with Gasteiger partial charge in [0.25, 0.3) is 17.5 Å². The number of nitro groups is 1. The van der Waals surface area contributed by atoms with Crippen LogP contribution in [0, 0.1) is 22.0 Å². The quantitative estimate of drug-likeness (QED) is 0.463. The first-order valence-electron chi connectivity index (χ1n) is 7.49. The van der Waals surface area contributed by atoms with Crippen molar-refractivity contribution in [3.63, 3.8) is 0 Å². The van der Waals surface area contributed by atoms with Crippen molar-refractivity contribution in [1.82, 2.24) is 5.32 Å². The molecule has 0 saturated heterocycles. The molecule has 0 aliphatic heterocycles. The molecule has 2 aromatic rings. The Hall–Kier alpha value is -3.86. The van der Waals surface area contributed by atoms with E-state index in [4.69, 9.17) is 10.5 Å². The molecule has 2 rings (SSSR count). The van der Waals surface area contributed by atoms with Crippen molar-refractivity contribution in [3.8, 4) is 17.6 Å². The molecule has 0 aliphatic carbocycles. The third kappa shape index (κ3) is 4.82. The number of carbonyl (C=O) groups excluding carboxylic acids is 2. The van der Waals surface area contributed by atoms with Crippen molar-refractivity contribution in [1.29, 1.82) is 0 Å². The summed E-state index contributed by atoms with van der Waals surface area (Å²) in [4.78, 5) is 33.5. The van der Waals surface area contributed by atoms with Crippen molar-refractivity contribution >= 4 is 17.5 Å². The summed E-state index contributed by atoms with van der Waals surface area (Å²) >= 11 is 0. The number of nitrogens with one attached hydrogen (secondary N) is 1. The van der Waals surface area contributed by atoms with Gasteiger partial charge in [-0.25, -0.2) is 0 Å². The normalized spacial score (nSPS) is 9.54. The summed E-state index contributed by atoms with van der Waals surface area (Å²) in [6.45, 7) is -0.0165. The molecule has 26 heavy (non-hydrogen) atoms. The van der Waals surface area contributed by atoms with Crippen LogP contribution in [0.4, 0.5) is 5.69 Å². The van der Waals surface area contributed by atoms with Gasteiger partial charge in [-0.15, -0.1) is 0 Å². The van der Waals surface area contributed by atoms with Crippen LogP contribution in [-0.2, 0) is 0 Å². The van der Waals surface area contributed by atoms with Crippen LogP contribution in [0.2, 0.25) is 0 Å². The fourth-order valence-electron chi connectivity index (χ4n) is 2.07. The Labute approximate surface area is 149 Å². The first-order chi connectivity index (χ1) is 12.5. The summed E-state index contributed by atoms with van der Waals surface area (Å²) in [5.74, 6) is 4.45. The lowest BCUT2D eigenvalue weighted by atomic mass is 10.1. The predicted molar refractivity (Wildman–Crippen MR) is 93.7 cm³/mol. The van der Waals surface area contributed by atoms with Gasteiger partial charge in [-0.2, -0.15) is 0 Å². The number of primary amides is 1. The number of nitrogens with zero attached hydrogens (tertiary/aromatic N) is 1. The van der Waals surface area contributed by atoms with Gasteiger partial charge in [-0.05, 0) is 18.2 Å². The second-order valence-electron chi connectivity index (χ2n) is 4.96. The molecule has 0 atom stereocenters. The molecule has 0 spiro atoms. The Balaban J connectivity index is 1.87. The number of nitrogens with two attached hydrogens (primary N) is 1. The molecule has 0 bridgehead atoms. The van der Waals surface area contributed by atoms with E-state index < -0.39 is 16.7 Å². The molecule has 0 saturated carbocycles. The van der Waals surface area contributed by atoms with Gasteiger partial charge in [0.15, 0.2) is 0 Å². The van der Waals surface area contributed by atoms with Gasteiger partial charge in [-0.3, -0.25) is 19.7 Å². The van der Waals surface area contributed by atoms with Crippen molar-refractivity contribution in [2.45, 2.75) is 0 Å². The standard InChI is InChI=1S/C18H15N3O5/c19-17(22)14-8-2-4-10-16(14)26-12-6-5-11-20-18(23)13-7-1-3-9-15(13)21(24)25/h1-4,7-10H,11-12H2,(H2,19,22)(H,20,23). The summed E-state index contributed by atoms with van der Waals surface area (Å²) in [6, 6.07) is 12.1. The van der Waals surface area contributed by atoms with Crippen LogP contribution < -0.4 is 15.8 Å². The van der Waals surface area contributed by atoms with E-state index in [0.717, 1.165) is 0 Å². The highest BCUT2D eigenvalue weighted by atomic mass is 16.6. The maximum atomic E-state index is 12.0. The molecule has 0 heterocycles. The molecule has 0 aliphatic rings. The van der Waals surface area contributed by atoms with Crippen LogP contribution in [0.1, 0.15) is 20.7 Å². The van der Waals surface area contributed by atoms with Crippen molar-refractivity contribution in [2.75, 3.05) is 13.2 Å². The molecular weight excluding hydrogens is 338 g/mol. The lowest BCUT2D eigenvalue weighted by molar-refractivity contribution is -0.385. The Bertz CT molecular complexity index is 899. The molecule has 2 aromatic carbocycles. The molecule has 0 unspecified atom stereocenters. The number of rotatable bonds is 6. The highest BCUT2D eigenvalue weighted by Crippen LogP contribution is 2.17. The first kappa shape index (κ1) is 18.5. The molecule has 8 heteroatoms. The van der Waals surface area contributed by atoms with Crippen LogP contribution >= 0.6 is 0 Å². The molecular formula is C18H15N3O5. The molecule has 8 nitrogen and oxygen atoms in total. The number of hydrogen-bond acceptors (Lipinski definition) is 5. The molecule has 0 radical (unpaired) electrons. The van der Waals surface area contributed by atoms with E-state index in [1.165, 1.54) is 30.3 Å². The Morgan fingerprint density at radius 1 is 1.08 bits per heavy atom. The molecule has 132 valence electrons. The largest absolute Gasteiger partial charge is 0.480 e. The minimum Gasteiger partial charge on any atom is -0.480 e. The lowest BCUT2D eigenvalue weighted by Crippen LogP contribution is -2.24. The summed E-state index contributed by atoms with van der Waals surface area (Å²) in [6.07, 6.45) is 0. The minimum atomic E-state index is -0.620. The van der Waals surface area contributed by atoms with E-state index >= 15 is 0 Å². The fourth-order valence-corrected chi connectivity index (χ4v) is 2.07. The number of ether oxygens (including phenoxy) is 1. The zero-order valence-corrected chi connectivity index (χ0v) is 13.6. The summed E-state index contributed by atoms with van der Waals surface area (Å²) in [5, 5.41) is 13.4. The van der Waals surface area contributed by atoms with Crippen LogP contribution in [-0.4, -0.2) is 29.9 Å². The number of nitro benzene ring substituents is 1.